The molecule has 0 aliphatic carbocycles. The third-order valence-corrected chi connectivity index (χ3v) is 3.19. The molecule has 2 rings (SSSR count). The lowest BCUT2D eigenvalue weighted by Gasteiger charge is -2.14. The predicted octanol–water partition coefficient (Wildman–Crippen LogP) is 2.13. The summed E-state index contributed by atoms with van der Waals surface area (Å²) in [5.74, 6) is -0.309. The molecule has 0 heterocycles. The van der Waals surface area contributed by atoms with E-state index in [4.69, 9.17) is 5.73 Å². The molecule has 0 aromatic heterocycles. The third kappa shape index (κ3) is 3.16. The lowest BCUT2D eigenvalue weighted by molar-refractivity contribution is 0.0948. The Balaban J connectivity index is 2.01. The molecule has 0 fully saturated rings. The van der Waals surface area contributed by atoms with E-state index in [1.165, 1.54) is 0 Å². The van der Waals surface area contributed by atoms with Crippen LogP contribution in [0.3, 0.4) is 0 Å². The summed E-state index contributed by atoms with van der Waals surface area (Å²) in [6.45, 7) is 2.07. The highest BCUT2D eigenvalue weighted by atomic mass is 16.3. The van der Waals surface area contributed by atoms with Crippen molar-refractivity contribution < 1.29 is 9.90 Å². The van der Waals surface area contributed by atoms with Gasteiger partial charge in [0.05, 0.1) is 5.56 Å². The monoisotopic (exact) mass is 270 g/mol. The second kappa shape index (κ2) is 6.21. The van der Waals surface area contributed by atoms with Gasteiger partial charge in [-0.2, -0.15) is 0 Å². The minimum Gasteiger partial charge on any atom is -0.507 e. The van der Waals surface area contributed by atoms with E-state index in [1.54, 1.807) is 25.1 Å². The van der Waals surface area contributed by atoms with E-state index < -0.39 is 0 Å². The molecule has 0 saturated carbocycles. The number of rotatable bonds is 4. The van der Waals surface area contributed by atoms with Gasteiger partial charge in [-0.05, 0) is 24.1 Å². The van der Waals surface area contributed by atoms with Crippen LogP contribution in [-0.2, 0) is 0 Å². The number of carbonyl (C=O) groups excluding carboxylic acids is 1. The zero-order chi connectivity index (χ0) is 14.5. The first-order valence-corrected chi connectivity index (χ1v) is 6.47. The molecule has 1 atom stereocenters. The highest BCUT2D eigenvalue weighted by Crippen LogP contribution is 2.21. The maximum atomic E-state index is 12.0. The number of carbonyl (C=O) groups is 1. The smallest absolute Gasteiger partial charge is 0.255 e. The van der Waals surface area contributed by atoms with Crippen LogP contribution in [-0.4, -0.2) is 17.6 Å². The molecule has 0 aliphatic rings. The van der Waals surface area contributed by atoms with Gasteiger partial charge in [-0.1, -0.05) is 42.5 Å². The number of benzene rings is 2. The van der Waals surface area contributed by atoms with E-state index in [0.717, 1.165) is 5.56 Å². The molecule has 0 spiro atoms. The first kappa shape index (κ1) is 14.1. The molecule has 4 N–H and O–H groups in total. The number of aryl methyl sites for hydroxylation is 1. The van der Waals surface area contributed by atoms with E-state index in [0.29, 0.717) is 12.1 Å². The summed E-state index contributed by atoms with van der Waals surface area (Å²) in [5, 5.41) is 12.6. The van der Waals surface area contributed by atoms with Gasteiger partial charge in [0.2, 0.25) is 0 Å². The summed E-state index contributed by atoms with van der Waals surface area (Å²) in [6, 6.07) is 14.4. The fourth-order valence-corrected chi connectivity index (χ4v) is 1.96. The number of hydrogen-bond donors (Lipinski definition) is 3. The SMILES string of the molecule is Cc1cccc(C(=O)NCC(N)c2ccccc2)c1O. The topological polar surface area (TPSA) is 75.4 Å². The van der Waals surface area contributed by atoms with Crippen molar-refractivity contribution in [2.45, 2.75) is 13.0 Å². The summed E-state index contributed by atoms with van der Waals surface area (Å²) in [5.41, 5.74) is 7.91. The molecule has 1 unspecified atom stereocenters. The van der Waals surface area contributed by atoms with Gasteiger partial charge in [-0.3, -0.25) is 4.79 Å². The summed E-state index contributed by atoms with van der Waals surface area (Å²) >= 11 is 0. The van der Waals surface area contributed by atoms with Crippen LogP contribution in [0.5, 0.6) is 5.75 Å². The molecular formula is C16H18N2O2. The first-order valence-electron chi connectivity index (χ1n) is 6.47. The molecule has 4 nitrogen and oxygen atoms in total. The largest absolute Gasteiger partial charge is 0.507 e. The average Bonchev–Trinajstić information content (AvgIpc) is 2.48. The molecule has 2 aromatic rings. The van der Waals surface area contributed by atoms with Crippen LogP contribution < -0.4 is 11.1 Å². The number of phenolic OH excluding ortho intramolecular Hbond substituents is 1. The van der Waals surface area contributed by atoms with Gasteiger partial charge < -0.3 is 16.2 Å². The zero-order valence-corrected chi connectivity index (χ0v) is 11.3. The standard InChI is InChI=1S/C16H18N2O2/c1-11-6-5-9-13(15(11)19)16(20)18-10-14(17)12-7-3-2-4-8-12/h2-9,14,19H,10,17H2,1H3,(H,18,20). The van der Waals surface area contributed by atoms with Crippen LogP contribution >= 0.6 is 0 Å². The molecule has 4 heteroatoms. The quantitative estimate of drug-likeness (QED) is 0.796. The number of nitrogens with one attached hydrogen (secondary N) is 1. The minimum absolute atomic E-state index is 0.0123. The Hall–Kier alpha value is -2.33. The van der Waals surface area contributed by atoms with Crippen molar-refractivity contribution in [2.75, 3.05) is 6.54 Å². The number of para-hydroxylation sites is 1. The lowest BCUT2D eigenvalue weighted by Crippen LogP contribution is -2.31. The highest BCUT2D eigenvalue weighted by molar-refractivity contribution is 5.97. The van der Waals surface area contributed by atoms with Crippen LogP contribution in [0.4, 0.5) is 0 Å². The second-order valence-electron chi connectivity index (χ2n) is 4.70. The molecule has 20 heavy (non-hydrogen) atoms. The normalized spacial score (nSPS) is 11.9. The van der Waals surface area contributed by atoms with E-state index in [9.17, 15) is 9.90 Å². The molecule has 0 saturated heterocycles. The maximum Gasteiger partial charge on any atom is 0.255 e. The van der Waals surface area contributed by atoms with Crippen LogP contribution in [0.1, 0.15) is 27.5 Å². The van der Waals surface area contributed by atoms with Gasteiger partial charge in [0, 0.05) is 12.6 Å². The Labute approximate surface area is 118 Å². The zero-order valence-electron chi connectivity index (χ0n) is 11.3. The number of aromatic hydroxyl groups is 1. The fourth-order valence-electron chi connectivity index (χ4n) is 1.96. The van der Waals surface area contributed by atoms with Gasteiger partial charge in [0.15, 0.2) is 0 Å². The summed E-state index contributed by atoms with van der Waals surface area (Å²) in [6.07, 6.45) is 0. The molecule has 0 aliphatic heterocycles. The second-order valence-corrected chi connectivity index (χ2v) is 4.70. The summed E-state index contributed by atoms with van der Waals surface area (Å²) < 4.78 is 0. The molecular weight excluding hydrogens is 252 g/mol. The average molecular weight is 270 g/mol. The minimum atomic E-state index is -0.322. The highest BCUT2D eigenvalue weighted by Gasteiger charge is 2.13. The van der Waals surface area contributed by atoms with E-state index in [1.807, 2.05) is 30.3 Å². The number of nitrogens with two attached hydrogens (primary N) is 1. The predicted molar refractivity (Wildman–Crippen MR) is 78.5 cm³/mol. The van der Waals surface area contributed by atoms with Crippen molar-refractivity contribution in [2.24, 2.45) is 5.73 Å². The third-order valence-electron chi connectivity index (χ3n) is 3.19. The van der Waals surface area contributed by atoms with Crippen LogP contribution in [0, 0.1) is 6.92 Å². The number of amides is 1. The first-order chi connectivity index (χ1) is 9.59. The van der Waals surface area contributed by atoms with Crippen molar-refractivity contribution in [3.8, 4) is 5.75 Å². The van der Waals surface area contributed by atoms with Crippen molar-refractivity contribution in [1.82, 2.24) is 5.32 Å². The van der Waals surface area contributed by atoms with Crippen molar-refractivity contribution >= 4 is 5.91 Å². The van der Waals surface area contributed by atoms with Crippen molar-refractivity contribution in [3.05, 3.63) is 65.2 Å². The molecule has 0 bridgehead atoms. The molecule has 0 radical (unpaired) electrons. The maximum absolute atomic E-state index is 12.0. The molecule has 2 aromatic carbocycles. The van der Waals surface area contributed by atoms with Crippen molar-refractivity contribution in [1.29, 1.82) is 0 Å². The molecule has 104 valence electrons. The Bertz CT molecular complexity index is 597. The fraction of sp³-hybridized carbons (Fsp3) is 0.188. The Kier molecular flexibility index (Phi) is 4.38. The van der Waals surface area contributed by atoms with Gasteiger partial charge in [0.25, 0.3) is 5.91 Å². The number of hydrogen-bond acceptors (Lipinski definition) is 3. The summed E-state index contributed by atoms with van der Waals surface area (Å²) in [7, 11) is 0. The van der Waals surface area contributed by atoms with Crippen LogP contribution in [0.2, 0.25) is 0 Å². The Morgan fingerprint density at radius 1 is 1.20 bits per heavy atom. The van der Waals surface area contributed by atoms with Gasteiger partial charge in [-0.25, -0.2) is 0 Å². The van der Waals surface area contributed by atoms with E-state index >= 15 is 0 Å². The van der Waals surface area contributed by atoms with Gasteiger partial charge >= 0.3 is 0 Å². The van der Waals surface area contributed by atoms with Crippen LogP contribution in [0.15, 0.2) is 48.5 Å². The van der Waals surface area contributed by atoms with E-state index in [2.05, 4.69) is 5.32 Å². The van der Waals surface area contributed by atoms with E-state index in [-0.39, 0.29) is 23.3 Å². The molecule has 1 amide bonds. The number of phenols is 1. The Morgan fingerprint density at radius 2 is 1.90 bits per heavy atom. The van der Waals surface area contributed by atoms with Crippen molar-refractivity contribution in [3.63, 3.8) is 0 Å². The Morgan fingerprint density at radius 3 is 2.60 bits per heavy atom. The summed E-state index contributed by atoms with van der Waals surface area (Å²) in [4.78, 5) is 12.0. The van der Waals surface area contributed by atoms with Crippen LogP contribution in [0.25, 0.3) is 0 Å². The van der Waals surface area contributed by atoms with Gasteiger partial charge in [0.1, 0.15) is 5.75 Å². The van der Waals surface area contributed by atoms with Gasteiger partial charge in [-0.15, -0.1) is 0 Å². The lowest BCUT2D eigenvalue weighted by atomic mass is 10.1.